The molecule has 4 heteroatoms. The molecule has 0 radical (unpaired) electrons. The lowest BCUT2D eigenvalue weighted by molar-refractivity contribution is -0.159. The Morgan fingerprint density at radius 3 is 2.67 bits per heavy atom. The molecule has 1 aromatic carbocycles. The van der Waals surface area contributed by atoms with Gasteiger partial charge in [0.05, 0.1) is 11.5 Å². The zero-order chi connectivity index (χ0) is 11.1. The molecule has 0 unspecified atom stereocenters. The minimum Gasteiger partial charge on any atom is -0.481 e. The van der Waals surface area contributed by atoms with Gasteiger partial charge in [0.1, 0.15) is 0 Å². The quantitative estimate of drug-likeness (QED) is 0.811. The number of hydrogen-bond donors (Lipinski definition) is 2. The van der Waals surface area contributed by atoms with Crippen LogP contribution in [0.1, 0.15) is 18.4 Å². The minimum atomic E-state index is -1.01. The van der Waals surface area contributed by atoms with Crippen LogP contribution in [-0.2, 0) is 10.4 Å². The molecule has 2 N–H and O–H groups in total. The van der Waals surface area contributed by atoms with Crippen molar-refractivity contribution in [1.29, 1.82) is 0 Å². The zero-order valence-corrected chi connectivity index (χ0v) is 8.74. The lowest BCUT2D eigenvalue weighted by atomic mass is 9.67. The molecule has 0 heterocycles. The topological polar surface area (TPSA) is 57.5 Å². The number of carboxylic acids is 1. The van der Waals surface area contributed by atoms with E-state index in [-0.39, 0.29) is 12.8 Å². The van der Waals surface area contributed by atoms with Crippen molar-refractivity contribution in [1.82, 2.24) is 0 Å². The van der Waals surface area contributed by atoms with Gasteiger partial charge in [-0.2, -0.15) is 0 Å². The molecule has 0 amide bonds. The number of carboxylic acid groups (broad SMARTS) is 1. The predicted molar refractivity (Wildman–Crippen MR) is 55.7 cm³/mol. The smallest absolute Gasteiger partial charge is 0.306 e. The van der Waals surface area contributed by atoms with Crippen molar-refractivity contribution in [2.75, 3.05) is 0 Å². The van der Waals surface area contributed by atoms with Gasteiger partial charge in [0, 0.05) is 5.02 Å². The summed E-state index contributed by atoms with van der Waals surface area (Å²) in [4.78, 5) is 10.6. The third-order valence-corrected chi connectivity index (χ3v) is 3.11. The van der Waals surface area contributed by atoms with E-state index in [4.69, 9.17) is 16.7 Å². The first kappa shape index (κ1) is 10.5. The van der Waals surface area contributed by atoms with Crippen LogP contribution < -0.4 is 0 Å². The lowest BCUT2D eigenvalue weighted by Crippen LogP contribution is -2.44. The van der Waals surface area contributed by atoms with E-state index in [0.717, 1.165) is 0 Å². The maximum atomic E-state index is 10.6. The molecule has 2 rings (SSSR count). The molecule has 80 valence electrons. The monoisotopic (exact) mass is 226 g/mol. The van der Waals surface area contributed by atoms with Crippen LogP contribution in [0.3, 0.4) is 0 Å². The highest BCUT2D eigenvalue weighted by molar-refractivity contribution is 6.30. The van der Waals surface area contributed by atoms with Gasteiger partial charge in [0.25, 0.3) is 0 Å². The second-order valence-corrected chi connectivity index (χ2v) is 4.42. The molecule has 15 heavy (non-hydrogen) atoms. The molecule has 0 spiro atoms. The Bertz CT molecular complexity index is 397. The highest BCUT2D eigenvalue weighted by Gasteiger charge is 2.47. The Morgan fingerprint density at radius 2 is 2.13 bits per heavy atom. The Hall–Kier alpha value is -1.06. The average molecular weight is 227 g/mol. The van der Waals surface area contributed by atoms with E-state index in [9.17, 15) is 9.90 Å². The third-order valence-electron chi connectivity index (χ3n) is 2.88. The van der Waals surface area contributed by atoms with Gasteiger partial charge >= 0.3 is 5.97 Å². The molecule has 3 nitrogen and oxygen atoms in total. The lowest BCUT2D eigenvalue weighted by Gasteiger charge is -2.41. The Morgan fingerprint density at radius 1 is 1.47 bits per heavy atom. The van der Waals surface area contributed by atoms with Crippen LogP contribution in [0.15, 0.2) is 24.3 Å². The maximum Gasteiger partial charge on any atom is 0.306 e. The van der Waals surface area contributed by atoms with Crippen LogP contribution in [0.2, 0.25) is 5.02 Å². The summed E-state index contributed by atoms with van der Waals surface area (Å²) in [5.41, 5.74) is -0.305. The van der Waals surface area contributed by atoms with Crippen molar-refractivity contribution in [3.63, 3.8) is 0 Å². The largest absolute Gasteiger partial charge is 0.481 e. The molecule has 0 aliphatic heterocycles. The summed E-state index contributed by atoms with van der Waals surface area (Å²) in [5, 5.41) is 19.4. The van der Waals surface area contributed by atoms with Gasteiger partial charge in [-0.3, -0.25) is 4.79 Å². The van der Waals surface area contributed by atoms with Crippen molar-refractivity contribution in [3.8, 4) is 0 Å². The SMILES string of the molecule is O=C(O)C1CC(O)(c2cccc(Cl)c2)C1. The zero-order valence-electron chi connectivity index (χ0n) is 7.98. The fraction of sp³-hybridized carbons (Fsp3) is 0.364. The van der Waals surface area contributed by atoms with Gasteiger partial charge < -0.3 is 10.2 Å². The van der Waals surface area contributed by atoms with Crippen LogP contribution in [0.4, 0.5) is 0 Å². The molecule has 1 aliphatic rings. The van der Waals surface area contributed by atoms with E-state index in [2.05, 4.69) is 0 Å². The van der Waals surface area contributed by atoms with E-state index in [0.29, 0.717) is 10.6 Å². The fourth-order valence-electron chi connectivity index (χ4n) is 1.94. The van der Waals surface area contributed by atoms with Crippen molar-refractivity contribution in [2.24, 2.45) is 5.92 Å². The standard InChI is InChI=1S/C11H11ClO3/c12-9-3-1-2-8(4-9)11(15)5-7(6-11)10(13)14/h1-4,7,15H,5-6H2,(H,13,14). The molecule has 1 saturated carbocycles. The Labute approximate surface area is 92.3 Å². The molecule has 1 aromatic rings. The minimum absolute atomic E-state index is 0.267. The number of hydrogen-bond acceptors (Lipinski definition) is 2. The first-order chi connectivity index (χ1) is 7.01. The molecule has 1 fully saturated rings. The number of benzene rings is 1. The summed E-state index contributed by atoms with van der Waals surface area (Å²) in [7, 11) is 0. The van der Waals surface area contributed by atoms with Crippen molar-refractivity contribution >= 4 is 17.6 Å². The van der Waals surface area contributed by atoms with Gasteiger partial charge in [-0.1, -0.05) is 23.7 Å². The molecular weight excluding hydrogens is 216 g/mol. The van der Waals surface area contributed by atoms with E-state index in [1.165, 1.54) is 0 Å². The van der Waals surface area contributed by atoms with Crippen LogP contribution in [0.25, 0.3) is 0 Å². The Balaban J connectivity index is 2.16. The van der Waals surface area contributed by atoms with Gasteiger partial charge in [0.2, 0.25) is 0 Å². The van der Waals surface area contributed by atoms with Crippen LogP contribution >= 0.6 is 11.6 Å². The van der Waals surface area contributed by atoms with E-state index in [1.807, 2.05) is 0 Å². The summed E-state index contributed by atoms with van der Waals surface area (Å²) < 4.78 is 0. The summed E-state index contributed by atoms with van der Waals surface area (Å²) >= 11 is 5.80. The second kappa shape index (κ2) is 3.51. The maximum absolute atomic E-state index is 10.6. The first-order valence-electron chi connectivity index (χ1n) is 4.72. The van der Waals surface area contributed by atoms with Crippen LogP contribution in [0.5, 0.6) is 0 Å². The normalized spacial score (nSPS) is 29.6. The Kier molecular flexibility index (Phi) is 2.44. The number of carbonyl (C=O) groups is 1. The predicted octanol–water partition coefficient (Wildman–Crippen LogP) is 2.02. The highest BCUT2D eigenvalue weighted by Crippen LogP contribution is 2.45. The van der Waals surface area contributed by atoms with Crippen molar-refractivity contribution < 1.29 is 15.0 Å². The molecule has 0 atom stereocenters. The third kappa shape index (κ3) is 1.85. The van der Waals surface area contributed by atoms with Crippen LogP contribution in [-0.4, -0.2) is 16.2 Å². The highest BCUT2D eigenvalue weighted by atomic mass is 35.5. The van der Waals surface area contributed by atoms with Crippen molar-refractivity contribution in [2.45, 2.75) is 18.4 Å². The second-order valence-electron chi connectivity index (χ2n) is 3.99. The molecule has 0 bridgehead atoms. The number of aliphatic carboxylic acids is 1. The van der Waals surface area contributed by atoms with Gasteiger partial charge in [0.15, 0.2) is 0 Å². The summed E-state index contributed by atoms with van der Waals surface area (Å²) in [6.07, 6.45) is 0.533. The summed E-state index contributed by atoms with van der Waals surface area (Å²) in [6.45, 7) is 0. The van der Waals surface area contributed by atoms with E-state index in [1.54, 1.807) is 24.3 Å². The van der Waals surface area contributed by atoms with Gasteiger partial charge in [-0.15, -0.1) is 0 Å². The number of halogens is 1. The molecule has 1 aliphatic carbocycles. The van der Waals surface area contributed by atoms with Gasteiger partial charge in [-0.05, 0) is 30.5 Å². The fourth-order valence-corrected chi connectivity index (χ4v) is 2.13. The van der Waals surface area contributed by atoms with E-state index >= 15 is 0 Å². The molecule has 0 aromatic heterocycles. The first-order valence-corrected chi connectivity index (χ1v) is 5.10. The van der Waals surface area contributed by atoms with E-state index < -0.39 is 17.5 Å². The van der Waals surface area contributed by atoms with Crippen molar-refractivity contribution in [3.05, 3.63) is 34.9 Å². The number of aliphatic hydroxyl groups is 1. The number of rotatable bonds is 2. The summed E-state index contributed by atoms with van der Waals surface area (Å²) in [6, 6.07) is 6.93. The summed E-state index contributed by atoms with van der Waals surface area (Å²) in [5.74, 6) is -1.28. The van der Waals surface area contributed by atoms with Gasteiger partial charge in [-0.25, -0.2) is 0 Å². The molecular formula is C11H11ClO3. The average Bonchev–Trinajstić information content (AvgIpc) is 2.12. The van der Waals surface area contributed by atoms with Crippen LogP contribution in [0, 0.1) is 5.92 Å². The molecule has 0 saturated heterocycles.